The van der Waals surface area contributed by atoms with E-state index in [-0.39, 0.29) is 11.4 Å². The third-order valence-corrected chi connectivity index (χ3v) is 4.29. The monoisotopic (exact) mass is 316 g/mol. The molecule has 0 unspecified atom stereocenters. The molecule has 0 amide bonds. The first kappa shape index (κ1) is 15.4. The van der Waals surface area contributed by atoms with E-state index in [1.807, 2.05) is 0 Å². The summed E-state index contributed by atoms with van der Waals surface area (Å²) in [4.78, 5) is 6.20. The summed E-state index contributed by atoms with van der Waals surface area (Å²) in [7, 11) is 0. The zero-order valence-electron chi connectivity index (χ0n) is 12.2. The normalized spacial score (nSPS) is 21.9. The quantitative estimate of drug-likeness (QED) is 0.836. The van der Waals surface area contributed by atoms with Gasteiger partial charge in [-0.1, -0.05) is 19.3 Å². The molecule has 2 fully saturated rings. The van der Waals surface area contributed by atoms with Crippen LogP contribution in [0.4, 0.5) is 19.0 Å². The molecule has 0 atom stereocenters. The minimum Gasteiger partial charge on any atom is -0.404 e. The molecule has 1 aliphatic carbocycles. The van der Waals surface area contributed by atoms with Gasteiger partial charge in [0.2, 0.25) is 0 Å². The van der Waals surface area contributed by atoms with Crippen LogP contribution in [0.5, 0.6) is 5.75 Å². The Morgan fingerprint density at radius 2 is 1.95 bits per heavy atom. The van der Waals surface area contributed by atoms with Crippen molar-refractivity contribution >= 4 is 5.82 Å². The highest BCUT2D eigenvalue weighted by molar-refractivity contribution is 5.42. The number of alkyl halides is 3. The van der Waals surface area contributed by atoms with Crippen molar-refractivity contribution in [2.24, 2.45) is 0 Å². The number of ether oxygens (including phenoxy) is 2. The molecule has 3 rings (SSSR count). The first-order valence-corrected chi connectivity index (χ1v) is 7.57. The number of hydrogen-bond acceptors (Lipinski definition) is 4. The van der Waals surface area contributed by atoms with Crippen molar-refractivity contribution in [1.82, 2.24) is 4.98 Å². The second-order valence-corrected chi connectivity index (χ2v) is 5.91. The molecule has 1 aromatic rings. The topological polar surface area (TPSA) is 34.6 Å². The maximum atomic E-state index is 12.2. The van der Waals surface area contributed by atoms with Crippen molar-refractivity contribution in [2.75, 3.05) is 24.6 Å². The summed E-state index contributed by atoms with van der Waals surface area (Å²) >= 11 is 0. The van der Waals surface area contributed by atoms with Gasteiger partial charge in [0, 0.05) is 13.1 Å². The second kappa shape index (κ2) is 5.95. The highest BCUT2D eigenvalue weighted by Crippen LogP contribution is 2.35. The number of rotatable bonds is 2. The number of nitrogens with zero attached hydrogens (tertiary/aromatic N) is 2. The Bertz CT molecular complexity index is 493. The van der Waals surface area contributed by atoms with Gasteiger partial charge in [0.25, 0.3) is 0 Å². The molecule has 1 saturated carbocycles. The molecule has 122 valence electrons. The van der Waals surface area contributed by atoms with Gasteiger partial charge in [-0.3, -0.25) is 0 Å². The minimum absolute atomic E-state index is 0.112. The molecular weight excluding hydrogens is 297 g/mol. The van der Waals surface area contributed by atoms with Crippen molar-refractivity contribution in [3.05, 3.63) is 18.3 Å². The summed E-state index contributed by atoms with van der Waals surface area (Å²) in [6, 6.07) is 2.88. The van der Waals surface area contributed by atoms with Crippen LogP contribution in [0, 0.1) is 0 Å². The third kappa shape index (κ3) is 3.63. The van der Waals surface area contributed by atoms with Crippen LogP contribution in [-0.4, -0.2) is 36.6 Å². The lowest BCUT2D eigenvalue weighted by atomic mass is 9.83. The predicted molar refractivity (Wildman–Crippen MR) is 74.9 cm³/mol. The second-order valence-electron chi connectivity index (χ2n) is 5.91. The van der Waals surface area contributed by atoms with Crippen molar-refractivity contribution in [3.8, 4) is 5.75 Å². The molecule has 2 aliphatic rings. The Morgan fingerprint density at radius 1 is 1.18 bits per heavy atom. The van der Waals surface area contributed by atoms with E-state index >= 15 is 0 Å². The molecule has 1 spiro atoms. The Morgan fingerprint density at radius 3 is 2.59 bits per heavy atom. The van der Waals surface area contributed by atoms with Crippen LogP contribution in [-0.2, 0) is 4.74 Å². The van der Waals surface area contributed by atoms with Gasteiger partial charge in [0.15, 0.2) is 0 Å². The Balaban J connectivity index is 1.68. The maximum Gasteiger partial charge on any atom is 0.573 e. The summed E-state index contributed by atoms with van der Waals surface area (Å²) in [6.45, 7) is 2.08. The van der Waals surface area contributed by atoms with E-state index in [4.69, 9.17) is 4.74 Å². The lowest BCUT2D eigenvalue weighted by Crippen LogP contribution is -2.53. The van der Waals surface area contributed by atoms with Gasteiger partial charge < -0.3 is 14.4 Å². The molecule has 1 aliphatic heterocycles. The van der Waals surface area contributed by atoms with Crippen LogP contribution in [0.2, 0.25) is 0 Å². The van der Waals surface area contributed by atoms with E-state index in [1.54, 1.807) is 6.07 Å². The lowest BCUT2D eigenvalue weighted by molar-refractivity contribution is -0.274. The van der Waals surface area contributed by atoms with Gasteiger partial charge in [-0.05, 0) is 25.0 Å². The van der Waals surface area contributed by atoms with Crippen LogP contribution in [0.1, 0.15) is 32.1 Å². The van der Waals surface area contributed by atoms with Gasteiger partial charge in [-0.25, -0.2) is 4.98 Å². The highest BCUT2D eigenvalue weighted by Gasteiger charge is 2.38. The van der Waals surface area contributed by atoms with Crippen molar-refractivity contribution < 1.29 is 22.6 Å². The van der Waals surface area contributed by atoms with E-state index in [0.29, 0.717) is 19.0 Å². The molecule has 1 aromatic heterocycles. The number of hydrogen-bond donors (Lipinski definition) is 0. The summed E-state index contributed by atoms with van der Waals surface area (Å²) in [5.74, 6) is 0.375. The first-order valence-electron chi connectivity index (χ1n) is 7.57. The first-order chi connectivity index (χ1) is 10.5. The van der Waals surface area contributed by atoms with E-state index in [2.05, 4.69) is 14.6 Å². The van der Waals surface area contributed by atoms with E-state index < -0.39 is 6.36 Å². The molecule has 7 heteroatoms. The standard InChI is InChI=1S/C15H19F3N2O2/c16-15(17,18)22-12-4-5-13(19-10-12)20-8-9-21-14(11-20)6-2-1-3-7-14/h4-5,10H,1-3,6-9,11H2. The van der Waals surface area contributed by atoms with Gasteiger partial charge >= 0.3 is 6.36 Å². The average Bonchev–Trinajstić information content (AvgIpc) is 2.47. The van der Waals surface area contributed by atoms with Gasteiger partial charge in [-0.2, -0.15) is 0 Å². The predicted octanol–water partition coefficient (Wildman–Crippen LogP) is 3.52. The molecule has 0 aromatic carbocycles. The molecule has 1 saturated heterocycles. The van der Waals surface area contributed by atoms with Crippen molar-refractivity contribution in [1.29, 1.82) is 0 Å². The number of morpholine rings is 1. The summed E-state index contributed by atoms with van der Waals surface area (Å²) < 4.78 is 46.3. The SMILES string of the molecule is FC(F)(F)Oc1ccc(N2CCOC3(CCCCC3)C2)nc1. The summed E-state index contributed by atoms with van der Waals surface area (Å²) in [5, 5.41) is 0. The number of anilines is 1. The lowest BCUT2D eigenvalue weighted by Gasteiger charge is -2.45. The summed E-state index contributed by atoms with van der Waals surface area (Å²) in [6.07, 6.45) is 2.09. The minimum atomic E-state index is -4.69. The maximum absolute atomic E-state index is 12.2. The molecule has 0 radical (unpaired) electrons. The van der Waals surface area contributed by atoms with E-state index in [9.17, 15) is 13.2 Å². The average molecular weight is 316 g/mol. The smallest absolute Gasteiger partial charge is 0.404 e. The van der Waals surface area contributed by atoms with E-state index in [1.165, 1.54) is 25.3 Å². The Labute approximate surface area is 127 Å². The molecule has 2 heterocycles. The third-order valence-electron chi connectivity index (χ3n) is 4.29. The molecule has 0 bridgehead atoms. The fourth-order valence-corrected chi connectivity index (χ4v) is 3.29. The van der Waals surface area contributed by atoms with Gasteiger partial charge in [0.05, 0.1) is 18.4 Å². The van der Waals surface area contributed by atoms with Gasteiger partial charge in [-0.15, -0.1) is 13.2 Å². The molecule has 0 N–H and O–H groups in total. The summed E-state index contributed by atoms with van der Waals surface area (Å²) in [5.41, 5.74) is -0.112. The Hall–Kier alpha value is -1.50. The van der Waals surface area contributed by atoms with Crippen LogP contribution >= 0.6 is 0 Å². The van der Waals surface area contributed by atoms with Crippen LogP contribution < -0.4 is 9.64 Å². The number of pyridine rings is 1. The largest absolute Gasteiger partial charge is 0.573 e. The zero-order chi connectivity index (χ0) is 15.6. The Kier molecular flexibility index (Phi) is 4.16. The van der Waals surface area contributed by atoms with Crippen LogP contribution in [0.25, 0.3) is 0 Å². The molecular formula is C15H19F3N2O2. The highest BCUT2D eigenvalue weighted by atomic mass is 19.4. The van der Waals surface area contributed by atoms with Crippen molar-refractivity contribution in [3.63, 3.8) is 0 Å². The molecule has 22 heavy (non-hydrogen) atoms. The fourth-order valence-electron chi connectivity index (χ4n) is 3.29. The van der Waals surface area contributed by atoms with E-state index in [0.717, 1.165) is 25.6 Å². The number of halogens is 3. The zero-order valence-corrected chi connectivity index (χ0v) is 12.2. The van der Waals surface area contributed by atoms with Crippen LogP contribution in [0.15, 0.2) is 18.3 Å². The molecule has 4 nitrogen and oxygen atoms in total. The fraction of sp³-hybridized carbons (Fsp3) is 0.667. The van der Waals surface area contributed by atoms with Crippen LogP contribution in [0.3, 0.4) is 0 Å². The number of aromatic nitrogens is 1. The van der Waals surface area contributed by atoms with Crippen molar-refractivity contribution in [2.45, 2.75) is 44.1 Å². The van der Waals surface area contributed by atoms with Gasteiger partial charge in [0.1, 0.15) is 11.6 Å².